The van der Waals surface area contributed by atoms with Crippen LogP contribution in [0.25, 0.3) is 0 Å². The van der Waals surface area contributed by atoms with E-state index >= 15 is 0 Å². The van der Waals surface area contributed by atoms with Crippen molar-refractivity contribution < 1.29 is 9.59 Å². The SMILES string of the molecule is O=C(CCNC(=O)c1ccc(Cl)cc1)Nc1cccc(Br)c1. The van der Waals surface area contributed by atoms with Crippen LogP contribution in [0.4, 0.5) is 5.69 Å². The van der Waals surface area contributed by atoms with Gasteiger partial charge in [0.15, 0.2) is 0 Å². The van der Waals surface area contributed by atoms with Gasteiger partial charge in [0.25, 0.3) is 5.91 Å². The Morgan fingerprint density at radius 1 is 1.09 bits per heavy atom. The van der Waals surface area contributed by atoms with E-state index < -0.39 is 0 Å². The number of hydrogen-bond donors (Lipinski definition) is 2. The number of nitrogens with one attached hydrogen (secondary N) is 2. The molecule has 0 unspecified atom stereocenters. The monoisotopic (exact) mass is 380 g/mol. The normalized spacial score (nSPS) is 10.1. The van der Waals surface area contributed by atoms with E-state index in [0.29, 0.717) is 16.3 Å². The van der Waals surface area contributed by atoms with Crippen LogP contribution in [0.2, 0.25) is 5.02 Å². The van der Waals surface area contributed by atoms with Gasteiger partial charge in [0.1, 0.15) is 0 Å². The van der Waals surface area contributed by atoms with Gasteiger partial charge in [0.05, 0.1) is 0 Å². The Kier molecular flexibility index (Phi) is 5.98. The van der Waals surface area contributed by atoms with Crippen molar-refractivity contribution in [2.24, 2.45) is 0 Å². The molecule has 22 heavy (non-hydrogen) atoms. The summed E-state index contributed by atoms with van der Waals surface area (Å²) in [5.74, 6) is -0.388. The van der Waals surface area contributed by atoms with Crippen LogP contribution in [-0.2, 0) is 4.79 Å². The minimum absolute atomic E-state index is 0.158. The number of amides is 2. The molecule has 2 N–H and O–H groups in total. The Bertz CT molecular complexity index is 674. The van der Waals surface area contributed by atoms with Crippen molar-refractivity contribution in [3.05, 3.63) is 63.6 Å². The number of anilines is 1. The Morgan fingerprint density at radius 3 is 2.50 bits per heavy atom. The van der Waals surface area contributed by atoms with Gasteiger partial charge in [0, 0.05) is 33.7 Å². The van der Waals surface area contributed by atoms with Crippen LogP contribution in [0.1, 0.15) is 16.8 Å². The highest BCUT2D eigenvalue weighted by Gasteiger charge is 2.07. The summed E-state index contributed by atoms with van der Waals surface area (Å²) in [7, 11) is 0. The lowest BCUT2D eigenvalue weighted by atomic mass is 10.2. The number of benzene rings is 2. The zero-order valence-corrected chi connectivity index (χ0v) is 13.9. The van der Waals surface area contributed by atoms with Crippen molar-refractivity contribution in [1.29, 1.82) is 0 Å². The van der Waals surface area contributed by atoms with Gasteiger partial charge in [-0.2, -0.15) is 0 Å². The zero-order chi connectivity index (χ0) is 15.9. The molecule has 2 aromatic rings. The largest absolute Gasteiger partial charge is 0.352 e. The van der Waals surface area contributed by atoms with Crippen molar-refractivity contribution in [3.8, 4) is 0 Å². The van der Waals surface area contributed by atoms with Crippen LogP contribution in [0.3, 0.4) is 0 Å². The van der Waals surface area contributed by atoms with E-state index in [1.807, 2.05) is 18.2 Å². The molecule has 0 heterocycles. The average Bonchev–Trinajstić information content (AvgIpc) is 2.47. The topological polar surface area (TPSA) is 58.2 Å². The average molecular weight is 382 g/mol. The Morgan fingerprint density at radius 2 is 1.82 bits per heavy atom. The predicted octanol–water partition coefficient (Wildman–Crippen LogP) is 3.86. The summed E-state index contributed by atoms with van der Waals surface area (Å²) in [6, 6.07) is 13.9. The smallest absolute Gasteiger partial charge is 0.251 e. The summed E-state index contributed by atoms with van der Waals surface area (Å²) in [6.07, 6.45) is 0.200. The number of rotatable bonds is 5. The Labute approximate surface area is 142 Å². The molecule has 0 atom stereocenters. The summed E-state index contributed by atoms with van der Waals surface area (Å²) in [6.45, 7) is 0.265. The molecule has 2 aromatic carbocycles. The highest BCUT2D eigenvalue weighted by molar-refractivity contribution is 9.10. The van der Waals surface area contributed by atoms with Crippen molar-refractivity contribution in [2.45, 2.75) is 6.42 Å². The Hall–Kier alpha value is -1.85. The quantitative estimate of drug-likeness (QED) is 0.826. The third kappa shape index (κ3) is 5.16. The van der Waals surface area contributed by atoms with E-state index in [1.165, 1.54) is 0 Å². The van der Waals surface area contributed by atoms with Crippen molar-refractivity contribution >= 4 is 45.0 Å². The van der Waals surface area contributed by atoms with E-state index in [-0.39, 0.29) is 24.8 Å². The first-order valence-corrected chi connectivity index (χ1v) is 7.81. The molecule has 0 aliphatic heterocycles. The summed E-state index contributed by atoms with van der Waals surface area (Å²) in [5.41, 5.74) is 1.22. The second kappa shape index (κ2) is 7.96. The molecule has 2 amide bonds. The molecule has 0 spiro atoms. The highest BCUT2D eigenvalue weighted by atomic mass is 79.9. The molecule has 0 radical (unpaired) electrons. The van der Waals surface area contributed by atoms with Crippen molar-refractivity contribution in [1.82, 2.24) is 5.32 Å². The highest BCUT2D eigenvalue weighted by Crippen LogP contribution is 2.15. The van der Waals surface area contributed by atoms with Gasteiger partial charge < -0.3 is 10.6 Å². The third-order valence-electron chi connectivity index (χ3n) is 2.85. The second-order valence-corrected chi connectivity index (χ2v) is 5.92. The fourth-order valence-corrected chi connectivity index (χ4v) is 2.31. The number of hydrogen-bond acceptors (Lipinski definition) is 2. The first kappa shape index (κ1) is 16.5. The number of carbonyl (C=O) groups excluding carboxylic acids is 2. The third-order valence-corrected chi connectivity index (χ3v) is 3.60. The van der Waals surface area contributed by atoms with E-state index in [0.717, 1.165) is 4.47 Å². The maximum absolute atomic E-state index is 11.8. The van der Waals surface area contributed by atoms with Gasteiger partial charge in [-0.05, 0) is 42.5 Å². The molecule has 0 bridgehead atoms. The van der Waals surface area contributed by atoms with E-state index in [4.69, 9.17) is 11.6 Å². The summed E-state index contributed by atoms with van der Waals surface area (Å²) in [4.78, 5) is 23.6. The zero-order valence-electron chi connectivity index (χ0n) is 11.6. The fourth-order valence-electron chi connectivity index (χ4n) is 1.78. The van der Waals surface area contributed by atoms with Crippen LogP contribution < -0.4 is 10.6 Å². The second-order valence-electron chi connectivity index (χ2n) is 4.57. The molecule has 2 rings (SSSR count). The predicted molar refractivity (Wildman–Crippen MR) is 91.2 cm³/mol. The van der Waals surface area contributed by atoms with Gasteiger partial charge in [0.2, 0.25) is 5.91 Å². The van der Waals surface area contributed by atoms with Gasteiger partial charge in [-0.3, -0.25) is 9.59 Å². The fraction of sp³-hybridized carbons (Fsp3) is 0.125. The first-order chi connectivity index (χ1) is 10.5. The van der Waals surface area contributed by atoms with Crippen LogP contribution in [0.15, 0.2) is 53.0 Å². The van der Waals surface area contributed by atoms with Gasteiger partial charge >= 0.3 is 0 Å². The number of carbonyl (C=O) groups is 2. The molecule has 0 fully saturated rings. The van der Waals surface area contributed by atoms with Gasteiger partial charge in [-0.1, -0.05) is 33.6 Å². The van der Waals surface area contributed by atoms with Crippen LogP contribution in [0, 0.1) is 0 Å². The molecule has 0 aromatic heterocycles. The Balaban J connectivity index is 1.77. The molecule has 6 heteroatoms. The van der Waals surface area contributed by atoms with Crippen LogP contribution in [-0.4, -0.2) is 18.4 Å². The minimum atomic E-state index is -0.230. The summed E-state index contributed by atoms with van der Waals surface area (Å²) < 4.78 is 0.890. The molecule has 0 saturated heterocycles. The maximum Gasteiger partial charge on any atom is 0.251 e. The van der Waals surface area contributed by atoms with Gasteiger partial charge in [-0.25, -0.2) is 0 Å². The molecule has 0 aliphatic rings. The standard InChI is InChI=1S/C16H14BrClN2O2/c17-12-2-1-3-14(10-12)20-15(21)8-9-19-16(22)11-4-6-13(18)7-5-11/h1-7,10H,8-9H2,(H,19,22)(H,20,21). The van der Waals surface area contributed by atoms with E-state index in [1.54, 1.807) is 30.3 Å². The molecule has 4 nitrogen and oxygen atoms in total. The lowest BCUT2D eigenvalue weighted by Crippen LogP contribution is -2.27. The molecule has 0 aliphatic carbocycles. The van der Waals surface area contributed by atoms with Crippen LogP contribution >= 0.6 is 27.5 Å². The lowest BCUT2D eigenvalue weighted by Gasteiger charge is -2.07. The first-order valence-electron chi connectivity index (χ1n) is 6.64. The summed E-state index contributed by atoms with van der Waals surface area (Å²) >= 11 is 9.10. The molecular formula is C16H14BrClN2O2. The van der Waals surface area contributed by atoms with Gasteiger partial charge in [-0.15, -0.1) is 0 Å². The van der Waals surface area contributed by atoms with E-state index in [9.17, 15) is 9.59 Å². The molecule has 114 valence electrons. The van der Waals surface area contributed by atoms with Crippen molar-refractivity contribution in [2.75, 3.05) is 11.9 Å². The maximum atomic E-state index is 11.8. The molecular weight excluding hydrogens is 368 g/mol. The summed E-state index contributed by atoms with van der Waals surface area (Å²) in [5, 5.41) is 6.03. The molecule has 0 saturated carbocycles. The van der Waals surface area contributed by atoms with Crippen LogP contribution in [0.5, 0.6) is 0 Å². The van der Waals surface area contributed by atoms with Crippen molar-refractivity contribution in [3.63, 3.8) is 0 Å². The lowest BCUT2D eigenvalue weighted by molar-refractivity contribution is -0.116. The van der Waals surface area contributed by atoms with E-state index in [2.05, 4.69) is 26.6 Å². The minimum Gasteiger partial charge on any atom is -0.352 e. The number of halogens is 2.